The van der Waals surface area contributed by atoms with Crippen LogP contribution in [0.2, 0.25) is 0 Å². The van der Waals surface area contributed by atoms with Gasteiger partial charge in [0.15, 0.2) is 17.5 Å². The minimum absolute atomic E-state index is 0.161. The molecule has 2 aromatic carbocycles. The zero-order chi connectivity index (χ0) is 21.8. The lowest BCUT2D eigenvalue weighted by molar-refractivity contribution is 0.330. The highest BCUT2D eigenvalue weighted by molar-refractivity contribution is 5.97. The van der Waals surface area contributed by atoms with Crippen molar-refractivity contribution in [1.82, 2.24) is 15.0 Å². The van der Waals surface area contributed by atoms with E-state index in [2.05, 4.69) is 20.3 Å². The third-order valence-corrected chi connectivity index (χ3v) is 4.65. The molecule has 2 aromatic heterocycles. The van der Waals surface area contributed by atoms with E-state index in [1.807, 2.05) is 12.1 Å². The number of aromatic nitrogens is 3. The maximum absolute atomic E-state index is 13.8. The lowest BCUT2D eigenvalue weighted by atomic mass is 10.0. The van der Waals surface area contributed by atoms with Crippen LogP contribution in [0.25, 0.3) is 33.4 Å². The number of nitrogens with zero attached hydrogens (tertiary/aromatic N) is 4. The summed E-state index contributed by atoms with van der Waals surface area (Å²) in [5.41, 5.74) is 2.34. The number of ether oxygens (including phenoxy) is 1. The summed E-state index contributed by atoms with van der Waals surface area (Å²) in [5, 5.41) is 12.6. The number of benzene rings is 2. The Morgan fingerprint density at radius 1 is 1.03 bits per heavy atom. The molecule has 0 radical (unpaired) electrons. The van der Waals surface area contributed by atoms with Crippen LogP contribution in [0.4, 0.5) is 14.6 Å². The molecule has 0 bridgehead atoms. The van der Waals surface area contributed by atoms with Crippen molar-refractivity contribution < 1.29 is 13.5 Å². The lowest BCUT2D eigenvalue weighted by Gasteiger charge is -2.14. The average molecular weight is 417 g/mol. The van der Waals surface area contributed by atoms with E-state index in [0.29, 0.717) is 39.4 Å². The molecule has 0 spiro atoms. The van der Waals surface area contributed by atoms with Gasteiger partial charge in [-0.15, -0.1) is 0 Å². The third kappa shape index (κ3) is 4.12. The highest BCUT2D eigenvalue weighted by Crippen LogP contribution is 2.36. The molecule has 0 aliphatic rings. The lowest BCUT2D eigenvalue weighted by Crippen LogP contribution is -2.03. The van der Waals surface area contributed by atoms with Crippen LogP contribution in [0.5, 0.6) is 5.75 Å². The van der Waals surface area contributed by atoms with Crippen LogP contribution < -0.4 is 10.1 Å². The van der Waals surface area contributed by atoms with Gasteiger partial charge >= 0.3 is 0 Å². The van der Waals surface area contributed by atoms with Gasteiger partial charge in [-0.25, -0.2) is 18.7 Å². The SMILES string of the molecule is CNc1nc(-c2cccnc2)nc2c(OCCC#N)cc(-c3ccc(F)c(F)c3)cc12. The van der Waals surface area contributed by atoms with Gasteiger partial charge in [-0.3, -0.25) is 4.98 Å². The van der Waals surface area contributed by atoms with Gasteiger partial charge in [0, 0.05) is 30.4 Å². The van der Waals surface area contributed by atoms with Crippen molar-refractivity contribution in [3.63, 3.8) is 0 Å². The summed E-state index contributed by atoms with van der Waals surface area (Å²) in [6, 6.07) is 12.9. The zero-order valence-electron chi connectivity index (χ0n) is 16.6. The Morgan fingerprint density at radius 3 is 2.61 bits per heavy atom. The van der Waals surface area contributed by atoms with Gasteiger partial charge in [-0.2, -0.15) is 5.26 Å². The molecule has 154 valence electrons. The molecular weight excluding hydrogens is 400 g/mol. The molecule has 0 atom stereocenters. The number of pyridine rings is 1. The Bertz CT molecular complexity index is 1290. The summed E-state index contributed by atoms with van der Waals surface area (Å²) in [7, 11) is 1.73. The molecule has 2 heterocycles. The monoisotopic (exact) mass is 417 g/mol. The second kappa shape index (κ2) is 8.71. The van der Waals surface area contributed by atoms with Gasteiger partial charge < -0.3 is 10.1 Å². The van der Waals surface area contributed by atoms with Crippen LogP contribution in [0.3, 0.4) is 0 Å². The Hall–Kier alpha value is -4.12. The van der Waals surface area contributed by atoms with E-state index in [9.17, 15) is 8.78 Å². The molecule has 0 fully saturated rings. The summed E-state index contributed by atoms with van der Waals surface area (Å²) in [4.78, 5) is 13.4. The molecule has 0 amide bonds. The van der Waals surface area contributed by atoms with Crippen LogP contribution in [-0.2, 0) is 0 Å². The van der Waals surface area contributed by atoms with Gasteiger partial charge in [0.25, 0.3) is 0 Å². The molecule has 4 aromatic rings. The summed E-state index contributed by atoms with van der Waals surface area (Å²) in [6.07, 6.45) is 3.51. The maximum Gasteiger partial charge on any atom is 0.163 e. The third-order valence-electron chi connectivity index (χ3n) is 4.65. The van der Waals surface area contributed by atoms with E-state index >= 15 is 0 Å². The van der Waals surface area contributed by atoms with Crippen molar-refractivity contribution in [3.8, 4) is 34.3 Å². The van der Waals surface area contributed by atoms with Crippen LogP contribution in [-0.4, -0.2) is 28.6 Å². The smallest absolute Gasteiger partial charge is 0.163 e. The highest BCUT2D eigenvalue weighted by atomic mass is 19.2. The molecule has 0 aliphatic heterocycles. The normalized spacial score (nSPS) is 10.6. The first kappa shape index (κ1) is 20.2. The van der Waals surface area contributed by atoms with Crippen molar-refractivity contribution in [2.75, 3.05) is 19.0 Å². The fourth-order valence-electron chi connectivity index (χ4n) is 3.17. The first-order valence-electron chi connectivity index (χ1n) is 9.50. The topological polar surface area (TPSA) is 83.7 Å². The van der Waals surface area contributed by atoms with E-state index in [1.54, 1.807) is 37.6 Å². The fourth-order valence-corrected chi connectivity index (χ4v) is 3.17. The fraction of sp³-hybridized carbons (Fsp3) is 0.130. The van der Waals surface area contributed by atoms with E-state index < -0.39 is 11.6 Å². The summed E-state index contributed by atoms with van der Waals surface area (Å²) in [5.74, 6) is -0.456. The maximum atomic E-state index is 13.8. The van der Waals surface area contributed by atoms with Gasteiger partial charge in [0.05, 0.1) is 12.5 Å². The highest BCUT2D eigenvalue weighted by Gasteiger charge is 2.16. The van der Waals surface area contributed by atoms with Crippen molar-refractivity contribution in [2.24, 2.45) is 0 Å². The molecule has 0 aliphatic carbocycles. The van der Waals surface area contributed by atoms with Gasteiger partial charge in [-0.1, -0.05) is 6.07 Å². The molecule has 4 rings (SSSR count). The molecule has 6 nitrogen and oxygen atoms in total. The van der Waals surface area contributed by atoms with Crippen LogP contribution in [0, 0.1) is 23.0 Å². The molecule has 0 unspecified atom stereocenters. The molecule has 0 saturated heterocycles. The molecule has 8 heteroatoms. The van der Waals surface area contributed by atoms with Crippen molar-refractivity contribution in [2.45, 2.75) is 6.42 Å². The second-order valence-electron chi connectivity index (χ2n) is 6.64. The van der Waals surface area contributed by atoms with E-state index in [1.165, 1.54) is 6.07 Å². The van der Waals surface area contributed by atoms with E-state index in [-0.39, 0.29) is 13.0 Å². The van der Waals surface area contributed by atoms with Crippen molar-refractivity contribution in [1.29, 1.82) is 5.26 Å². The average Bonchev–Trinajstić information content (AvgIpc) is 2.80. The summed E-state index contributed by atoms with van der Waals surface area (Å²) >= 11 is 0. The molecule has 0 saturated carbocycles. The summed E-state index contributed by atoms with van der Waals surface area (Å²) in [6.45, 7) is 0.161. The predicted octanol–water partition coefficient (Wildman–Crippen LogP) is 4.97. The van der Waals surface area contributed by atoms with E-state index in [0.717, 1.165) is 17.7 Å². The minimum atomic E-state index is -0.943. The van der Waals surface area contributed by atoms with Crippen molar-refractivity contribution in [3.05, 3.63) is 66.5 Å². The first-order valence-corrected chi connectivity index (χ1v) is 9.50. The van der Waals surface area contributed by atoms with Crippen LogP contribution in [0.15, 0.2) is 54.9 Å². The largest absolute Gasteiger partial charge is 0.490 e. The zero-order valence-corrected chi connectivity index (χ0v) is 16.6. The second-order valence-corrected chi connectivity index (χ2v) is 6.64. The summed E-state index contributed by atoms with van der Waals surface area (Å²) < 4.78 is 33.1. The van der Waals surface area contributed by atoms with Gasteiger partial charge in [-0.05, 0) is 47.5 Å². The predicted molar refractivity (Wildman–Crippen MR) is 113 cm³/mol. The van der Waals surface area contributed by atoms with Crippen LogP contribution >= 0.6 is 0 Å². The number of hydrogen-bond acceptors (Lipinski definition) is 6. The Kier molecular flexibility index (Phi) is 5.67. The Labute approximate surface area is 177 Å². The van der Waals surface area contributed by atoms with Crippen molar-refractivity contribution >= 4 is 16.7 Å². The molecule has 31 heavy (non-hydrogen) atoms. The molecular formula is C23H17F2N5O. The quantitative estimate of drug-likeness (QED) is 0.446. The number of fused-ring (bicyclic) bond motifs is 1. The standard InChI is InChI=1S/C23H17F2N5O/c1-27-23-17-10-16(14-5-6-18(24)19(25)11-14)12-20(31-9-3-7-26)21(17)29-22(30-23)15-4-2-8-28-13-15/h2,4-6,8,10-13H,3,9H2,1H3,(H,27,29,30). The number of rotatable bonds is 6. The first-order chi connectivity index (χ1) is 15.1. The van der Waals surface area contributed by atoms with Gasteiger partial charge in [0.1, 0.15) is 23.7 Å². The number of anilines is 1. The Morgan fingerprint density at radius 2 is 1.90 bits per heavy atom. The number of nitriles is 1. The number of hydrogen-bond donors (Lipinski definition) is 1. The molecule has 1 N–H and O–H groups in total. The van der Waals surface area contributed by atoms with Gasteiger partial charge in [0.2, 0.25) is 0 Å². The van der Waals surface area contributed by atoms with Crippen LogP contribution in [0.1, 0.15) is 6.42 Å². The minimum Gasteiger partial charge on any atom is -0.490 e. The Balaban J connectivity index is 1.94. The number of halogens is 2. The number of nitrogens with one attached hydrogen (secondary N) is 1. The van der Waals surface area contributed by atoms with E-state index in [4.69, 9.17) is 10.00 Å².